The summed E-state index contributed by atoms with van der Waals surface area (Å²) in [7, 11) is -3.76. The van der Waals surface area contributed by atoms with Crippen LogP contribution in [0.1, 0.15) is 53.5 Å². The fourth-order valence-electron chi connectivity index (χ4n) is 4.95. The van der Waals surface area contributed by atoms with Crippen molar-refractivity contribution in [3.8, 4) is 0 Å². The summed E-state index contributed by atoms with van der Waals surface area (Å²) in [6, 6.07) is 11.4. The molecule has 0 bridgehead atoms. The topological polar surface area (TPSA) is 70.2 Å². The zero-order chi connectivity index (χ0) is 22.3. The van der Waals surface area contributed by atoms with Gasteiger partial charge in [-0.3, -0.25) is 4.79 Å². The molecule has 1 N–H and O–H groups in total. The highest BCUT2D eigenvalue weighted by molar-refractivity contribution is 7.89. The third kappa shape index (κ3) is 4.19. The Hall–Kier alpha value is -2.44. The van der Waals surface area contributed by atoms with E-state index < -0.39 is 10.0 Å². The van der Waals surface area contributed by atoms with Crippen molar-refractivity contribution in [1.29, 1.82) is 0 Å². The number of nitrogens with one attached hydrogen (secondary N) is 1. The van der Waals surface area contributed by atoms with Crippen LogP contribution in [0.5, 0.6) is 0 Å². The van der Waals surface area contributed by atoms with Crippen LogP contribution >= 0.6 is 0 Å². The Morgan fingerprint density at radius 2 is 1.58 bits per heavy atom. The monoisotopic (exact) mass is 438 g/mol. The van der Waals surface area contributed by atoms with Crippen molar-refractivity contribution in [3.05, 3.63) is 74.6 Å². The molecule has 31 heavy (non-hydrogen) atoms. The van der Waals surface area contributed by atoms with E-state index in [2.05, 4.69) is 4.98 Å². The molecule has 2 aromatic carbocycles. The van der Waals surface area contributed by atoms with E-state index in [0.717, 1.165) is 58.8 Å². The summed E-state index contributed by atoms with van der Waals surface area (Å²) in [5, 5.41) is 0.918. The molecule has 5 nitrogen and oxygen atoms in total. The Kier molecular flexibility index (Phi) is 5.79. The predicted octanol–water partition coefficient (Wildman–Crippen LogP) is 4.90. The van der Waals surface area contributed by atoms with Gasteiger partial charge in [0.1, 0.15) is 0 Å². The summed E-state index contributed by atoms with van der Waals surface area (Å²) in [6.07, 6.45) is 3.67. The number of aryl methyl sites for hydroxylation is 4. The van der Waals surface area contributed by atoms with Gasteiger partial charge in [-0.15, -0.1) is 0 Å². The lowest BCUT2D eigenvalue weighted by Crippen LogP contribution is -2.40. The van der Waals surface area contributed by atoms with Gasteiger partial charge < -0.3 is 4.98 Å². The van der Waals surface area contributed by atoms with E-state index in [1.54, 1.807) is 4.31 Å². The molecule has 0 unspecified atom stereocenters. The van der Waals surface area contributed by atoms with Crippen LogP contribution in [0.3, 0.4) is 0 Å². The van der Waals surface area contributed by atoms with Crippen LogP contribution in [0.25, 0.3) is 10.9 Å². The number of aromatic amines is 1. The lowest BCUT2D eigenvalue weighted by Gasteiger charge is -2.29. The number of H-pyrrole nitrogens is 1. The average molecular weight is 439 g/mol. The highest BCUT2D eigenvalue weighted by atomic mass is 32.2. The van der Waals surface area contributed by atoms with E-state index in [-0.39, 0.29) is 18.1 Å². The molecule has 1 aliphatic rings. The van der Waals surface area contributed by atoms with Crippen molar-refractivity contribution in [1.82, 2.24) is 9.29 Å². The SMILES string of the molecule is Cc1cc(C)c(S(=O)(=O)N(Cc2cc3cc(C)ccc3[nH]c2=O)C2CCCC2)c(C)c1. The zero-order valence-electron chi connectivity index (χ0n) is 18.7. The molecule has 1 aromatic heterocycles. The van der Waals surface area contributed by atoms with E-state index in [1.165, 1.54) is 0 Å². The molecule has 1 heterocycles. The minimum atomic E-state index is -3.76. The van der Waals surface area contributed by atoms with Crippen LogP contribution in [0, 0.1) is 27.7 Å². The quantitative estimate of drug-likeness (QED) is 0.616. The highest BCUT2D eigenvalue weighted by Gasteiger charge is 2.35. The molecule has 1 aliphatic carbocycles. The van der Waals surface area contributed by atoms with Gasteiger partial charge in [-0.05, 0) is 75.2 Å². The summed E-state index contributed by atoms with van der Waals surface area (Å²) < 4.78 is 29.4. The fraction of sp³-hybridized carbons (Fsp3) is 0.400. The summed E-state index contributed by atoms with van der Waals surface area (Å²) in [5.74, 6) is 0. The molecule has 0 spiro atoms. The van der Waals surface area contributed by atoms with E-state index in [4.69, 9.17) is 0 Å². The van der Waals surface area contributed by atoms with Crippen LogP contribution in [-0.4, -0.2) is 23.7 Å². The van der Waals surface area contributed by atoms with E-state index >= 15 is 0 Å². The minimum absolute atomic E-state index is 0.0823. The maximum Gasteiger partial charge on any atom is 0.252 e. The molecule has 4 rings (SSSR count). The highest BCUT2D eigenvalue weighted by Crippen LogP contribution is 2.33. The van der Waals surface area contributed by atoms with Crippen molar-refractivity contribution >= 4 is 20.9 Å². The molecule has 1 fully saturated rings. The second-order valence-electron chi connectivity index (χ2n) is 8.93. The largest absolute Gasteiger partial charge is 0.322 e. The maximum atomic E-state index is 13.9. The van der Waals surface area contributed by atoms with Gasteiger partial charge in [0, 0.05) is 23.7 Å². The van der Waals surface area contributed by atoms with Gasteiger partial charge in [-0.25, -0.2) is 8.42 Å². The third-order valence-electron chi connectivity index (χ3n) is 6.31. The van der Waals surface area contributed by atoms with Crippen LogP contribution in [0.15, 0.2) is 46.1 Å². The molecule has 6 heteroatoms. The smallest absolute Gasteiger partial charge is 0.252 e. The van der Waals surface area contributed by atoms with E-state index in [9.17, 15) is 13.2 Å². The zero-order valence-corrected chi connectivity index (χ0v) is 19.5. The molecule has 0 atom stereocenters. The number of sulfonamides is 1. The average Bonchev–Trinajstić information content (AvgIpc) is 3.19. The van der Waals surface area contributed by atoms with E-state index in [0.29, 0.717) is 10.5 Å². The van der Waals surface area contributed by atoms with Crippen LogP contribution in [0.2, 0.25) is 0 Å². The van der Waals surface area contributed by atoms with Gasteiger partial charge in [-0.2, -0.15) is 4.31 Å². The molecule has 164 valence electrons. The molecular weight excluding hydrogens is 408 g/mol. The van der Waals surface area contributed by atoms with Crippen molar-refractivity contribution in [2.24, 2.45) is 0 Å². The molecule has 0 radical (unpaired) electrons. The number of pyridine rings is 1. The number of aromatic nitrogens is 1. The summed E-state index contributed by atoms with van der Waals surface area (Å²) in [5.41, 5.74) is 4.66. The normalized spacial score (nSPS) is 15.3. The Morgan fingerprint density at radius 1 is 0.935 bits per heavy atom. The van der Waals surface area contributed by atoms with Crippen LogP contribution < -0.4 is 5.56 Å². The molecule has 3 aromatic rings. The van der Waals surface area contributed by atoms with Crippen molar-refractivity contribution in [3.63, 3.8) is 0 Å². The second kappa shape index (κ2) is 8.24. The van der Waals surface area contributed by atoms with Crippen molar-refractivity contribution in [2.75, 3.05) is 0 Å². The van der Waals surface area contributed by atoms with Crippen LogP contribution in [0.4, 0.5) is 0 Å². The maximum absolute atomic E-state index is 13.9. The number of rotatable bonds is 5. The standard InChI is InChI=1S/C25H30N2O3S/c1-16-9-10-23-20(13-16)14-21(25(28)26-23)15-27(22-7-5-6-8-22)31(29,30)24-18(3)11-17(2)12-19(24)4/h9-14,22H,5-8,15H2,1-4H3,(H,26,28). The van der Waals surface area contributed by atoms with Crippen molar-refractivity contribution < 1.29 is 8.42 Å². The predicted molar refractivity (Wildman–Crippen MR) is 125 cm³/mol. The molecule has 0 saturated heterocycles. The number of fused-ring (bicyclic) bond motifs is 1. The van der Waals surface area contributed by atoms with Gasteiger partial charge in [0.15, 0.2) is 0 Å². The molecule has 0 aliphatic heterocycles. The summed E-state index contributed by atoms with van der Waals surface area (Å²) in [6.45, 7) is 7.76. The number of benzene rings is 2. The molecular formula is C25H30N2O3S. The number of hydrogen-bond acceptors (Lipinski definition) is 3. The third-order valence-corrected chi connectivity index (χ3v) is 8.51. The van der Waals surface area contributed by atoms with Gasteiger partial charge in [0.2, 0.25) is 10.0 Å². The first-order chi connectivity index (χ1) is 14.7. The Balaban J connectivity index is 1.82. The minimum Gasteiger partial charge on any atom is -0.322 e. The van der Waals surface area contributed by atoms with Gasteiger partial charge in [0.05, 0.1) is 4.90 Å². The Bertz CT molecular complexity index is 1280. The fourth-order valence-corrected chi connectivity index (χ4v) is 7.03. The Morgan fingerprint density at radius 3 is 2.23 bits per heavy atom. The number of hydrogen-bond donors (Lipinski definition) is 1. The lowest BCUT2D eigenvalue weighted by molar-refractivity contribution is 0.315. The van der Waals surface area contributed by atoms with Gasteiger partial charge in [-0.1, -0.05) is 42.2 Å². The van der Waals surface area contributed by atoms with Gasteiger partial charge in [0.25, 0.3) is 5.56 Å². The first-order valence-corrected chi connectivity index (χ1v) is 12.3. The van der Waals surface area contributed by atoms with Crippen molar-refractivity contribution in [2.45, 2.75) is 70.9 Å². The first-order valence-electron chi connectivity index (χ1n) is 10.9. The second-order valence-corrected chi connectivity index (χ2v) is 10.8. The summed E-state index contributed by atoms with van der Waals surface area (Å²) in [4.78, 5) is 16.1. The molecule has 1 saturated carbocycles. The Labute approximate surface area is 184 Å². The van der Waals surface area contributed by atoms with Gasteiger partial charge >= 0.3 is 0 Å². The number of nitrogens with zero attached hydrogens (tertiary/aromatic N) is 1. The lowest BCUT2D eigenvalue weighted by atomic mass is 10.1. The summed E-state index contributed by atoms with van der Waals surface area (Å²) >= 11 is 0. The molecule has 0 amide bonds. The van der Waals surface area contributed by atoms with E-state index in [1.807, 2.05) is 64.1 Å². The first kappa shape index (κ1) is 21.8. The van der Waals surface area contributed by atoms with Crippen LogP contribution in [-0.2, 0) is 16.6 Å².